The molecule has 0 aromatic heterocycles. The summed E-state index contributed by atoms with van der Waals surface area (Å²) in [5.74, 6) is -0.386. The van der Waals surface area contributed by atoms with Gasteiger partial charge in [0.05, 0.1) is 25.9 Å². The normalized spacial score (nSPS) is 11.3. The molecule has 0 fully saturated rings. The van der Waals surface area contributed by atoms with Crippen molar-refractivity contribution in [2.45, 2.75) is 6.18 Å². The minimum Gasteiger partial charge on any atom is -0.496 e. The SMILES string of the molecule is COc1ccc(OCC(F)(F)F)cc1C(=O)COCCO. The summed E-state index contributed by atoms with van der Waals surface area (Å²) in [5, 5.41) is 8.55. The predicted molar refractivity (Wildman–Crippen MR) is 66.8 cm³/mol. The number of methoxy groups -OCH3 is 1. The van der Waals surface area contributed by atoms with Crippen LogP contribution in [0, 0.1) is 0 Å². The van der Waals surface area contributed by atoms with Gasteiger partial charge in [-0.3, -0.25) is 4.79 Å². The van der Waals surface area contributed by atoms with Crippen molar-refractivity contribution >= 4 is 5.78 Å². The first-order valence-corrected chi connectivity index (χ1v) is 5.96. The highest BCUT2D eigenvalue weighted by molar-refractivity contribution is 6.00. The lowest BCUT2D eigenvalue weighted by atomic mass is 10.1. The van der Waals surface area contributed by atoms with Gasteiger partial charge < -0.3 is 19.3 Å². The van der Waals surface area contributed by atoms with E-state index in [1.165, 1.54) is 19.2 Å². The van der Waals surface area contributed by atoms with Crippen LogP contribution in [0.4, 0.5) is 13.2 Å². The highest BCUT2D eigenvalue weighted by atomic mass is 19.4. The maximum absolute atomic E-state index is 12.1. The smallest absolute Gasteiger partial charge is 0.422 e. The average Bonchev–Trinajstić information content (AvgIpc) is 2.44. The molecule has 0 radical (unpaired) electrons. The first-order chi connectivity index (χ1) is 9.87. The van der Waals surface area contributed by atoms with Gasteiger partial charge in [0.1, 0.15) is 18.1 Å². The number of hydrogen-bond donors (Lipinski definition) is 1. The van der Waals surface area contributed by atoms with Crippen molar-refractivity contribution in [1.29, 1.82) is 0 Å². The molecular weight excluding hydrogens is 293 g/mol. The number of rotatable bonds is 8. The molecule has 0 saturated heterocycles. The Kier molecular flexibility index (Phi) is 6.44. The van der Waals surface area contributed by atoms with Crippen molar-refractivity contribution in [2.24, 2.45) is 0 Å². The Morgan fingerprint density at radius 2 is 2.05 bits per heavy atom. The lowest BCUT2D eigenvalue weighted by Crippen LogP contribution is -2.19. The van der Waals surface area contributed by atoms with Gasteiger partial charge in [-0.1, -0.05) is 0 Å². The van der Waals surface area contributed by atoms with E-state index in [-0.39, 0.29) is 36.9 Å². The molecule has 0 aliphatic heterocycles. The van der Waals surface area contributed by atoms with Crippen molar-refractivity contribution < 1.29 is 37.3 Å². The Labute approximate surface area is 119 Å². The van der Waals surface area contributed by atoms with Gasteiger partial charge in [-0.05, 0) is 18.2 Å². The Hall–Kier alpha value is -1.80. The fourth-order valence-corrected chi connectivity index (χ4v) is 1.47. The number of carbonyl (C=O) groups is 1. The van der Waals surface area contributed by atoms with Crippen LogP contribution in [0.15, 0.2) is 18.2 Å². The standard InChI is InChI=1S/C13H15F3O5/c1-19-12-3-2-9(21-8-13(14,15)16)6-10(12)11(18)7-20-5-4-17/h2-3,6,17H,4-5,7-8H2,1H3. The molecule has 0 saturated carbocycles. The maximum Gasteiger partial charge on any atom is 0.422 e. The van der Waals surface area contributed by atoms with Gasteiger partial charge in [-0.25, -0.2) is 0 Å². The highest BCUT2D eigenvalue weighted by Gasteiger charge is 2.28. The van der Waals surface area contributed by atoms with Gasteiger partial charge in [0.25, 0.3) is 0 Å². The fraction of sp³-hybridized carbons (Fsp3) is 0.462. The van der Waals surface area contributed by atoms with Crippen molar-refractivity contribution in [3.63, 3.8) is 0 Å². The monoisotopic (exact) mass is 308 g/mol. The second-order valence-corrected chi connectivity index (χ2v) is 3.97. The van der Waals surface area contributed by atoms with E-state index in [9.17, 15) is 18.0 Å². The zero-order valence-electron chi connectivity index (χ0n) is 11.3. The van der Waals surface area contributed by atoms with Crippen LogP contribution in [0.5, 0.6) is 11.5 Å². The van der Waals surface area contributed by atoms with Crippen LogP contribution in [0.25, 0.3) is 0 Å². The molecule has 0 heterocycles. The number of ketones is 1. The molecule has 0 unspecified atom stereocenters. The highest BCUT2D eigenvalue weighted by Crippen LogP contribution is 2.26. The summed E-state index contributed by atoms with van der Waals surface area (Å²) in [6.07, 6.45) is -4.46. The average molecular weight is 308 g/mol. The van der Waals surface area contributed by atoms with Gasteiger partial charge in [-0.15, -0.1) is 0 Å². The Balaban J connectivity index is 2.82. The fourth-order valence-electron chi connectivity index (χ4n) is 1.47. The number of carbonyl (C=O) groups excluding carboxylic acids is 1. The third-order valence-corrected chi connectivity index (χ3v) is 2.34. The Bertz CT molecular complexity index is 473. The molecule has 5 nitrogen and oxygen atoms in total. The number of aliphatic hydroxyl groups is 1. The topological polar surface area (TPSA) is 65.0 Å². The Morgan fingerprint density at radius 1 is 1.33 bits per heavy atom. The van der Waals surface area contributed by atoms with Gasteiger partial charge in [0.2, 0.25) is 0 Å². The number of ether oxygens (including phenoxy) is 3. The molecule has 21 heavy (non-hydrogen) atoms. The van der Waals surface area contributed by atoms with Gasteiger partial charge in [0.15, 0.2) is 12.4 Å². The van der Waals surface area contributed by atoms with Crippen LogP contribution in [0.1, 0.15) is 10.4 Å². The first kappa shape index (κ1) is 17.3. The summed E-state index contributed by atoms with van der Waals surface area (Å²) in [6, 6.07) is 3.77. The molecule has 1 aromatic rings. The van der Waals surface area contributed by atoms with Gasteiger partial charge in [-0.2, -0.15) is 13.2 Å². The molecule has 0 aliphatic carbocycles. The molecule has 0 aliphatic rings. The molecule has 1 aromatic carbocycles. The summed E-state index contributed by atoms with van der Waals surface area (Å²) in [5.41, 5.74) is 0.0510. The van der Waals surface area contributed by atoms with Crippen molar-refractivity contribution in [1.82, 2.24) is 0 Å². The van der Waals surface area contributed by atoms with Crippen LogP contribution in [-0.4, -0.2) is 50.6 Å². The Morgan fingerprint density at radius 3 is 2.62 bits per heavy atom. The minimum atomic E-state index is -4.46. The van der Waals surface area contributed by atoms with Crippen molar-refractivity contribution in [3.05, 3.63) is 23.8 Å². The summed E-state index contributed by atoms with van der Waals surface area (Å²) in [4.78, 5) is 11.9. The predicted octanol–water partition coefficient (Wildman–Crippen LogP) is 1.83. The lowest BCUT2D eigenvalue weighted by molar-refractivity contribution is -0.153. The van der Waals surface area contributed by atoms with Gasteiger partial charge in [0, 0.05) is 0 Å². The zero-order valence-corrected chi connectivity index (χ0v) is 11.3. The number of halogens is 3. The van der Waals surface area contributed by atoms with Crippen LogP contribution < -0.4 is 9.47 Å². The van der Waals surface area contributed by atoms with Crippen molar-refractivity contribution in [3.8, 4) is 11.5 Å². The summed E-state index contributed by atoms with van der Waals surface area (Å²) in [6.45, 7) is -2.02. The van der Waals surface area contributed by atoms with E-state index in [1.54, 1.807) is 0 Å². The minimum absolute atomic E-state index is 0.0156. The van der Waals surface area contributed by atoms with E-state index >= 15 is 0 Å². The summed E-state index contributed by atoms with van der Waals surface area (Å²) in [7, 11) is 1.33. The van der Waals surface area contributed by atoms with E-state index in [2.05, 4.69) is 4.74 Å². The number of alkyl halides is 3. The van der Waals surface area contributed by atoms with Crippen molar-refractivity contribution in [2.75, 3.05) is 33.5 Å². The summed E-state index contributed by atoms with van der Waals surface area (Å²) >= 11 is 0. The molecule has 0 bridgehead atoms. The second kappa shape index (κ2) is 7.84. The molecular formula is C13H15F3O5. The van der Waals surface area contributed by atoms with E-state index in [1.807, 2.05) is 0 Å². The van der Waals surface area contributed by atoms with Crippen LogP contribution in [0.2, 0.25) is 0 Å². The van der Waals surface area contributed by atoms with Crippen LogP contribution >= 0.6 is 0 Å². The van der Waals surface area contributed by atoms with Gasteiger partial charge >= 0.3 is 6.18 Å². The molecule has 0 amide bonds. The van der Waals surface area contributed by atoms with E-state index in [0.29, 0.717) is 0 Å². The molecule has 0 spiro atoms. The number of aliphatic hydroxyl groups excluding tert-OH is 1. The molecule has 1 rings (SSSR count). The van der Waals surface area contributed by atoms with Crippen LogP contribution in [0.3, 0.4) is 0 Å². The second-order valence-electron chi connectivity index (χ2n) is 3.97. The molecule has 1 N–H and O–H groups in total. The van der Waals surface area contributed by atoms with E-state index in [4.69, 9.17) is 14.6 Å². The molecule has 0 atom stereocenters. The molecule has 8 heteroatoms. The maximum atomic E-state index is 12.1. The largest absolute Gasteiger partial charge is 0.496 e. The summed E-state index contributed by atoms with van der Waals surface area (Å²) < 4.78 is 50.7. The third-order valence-electron chi connectivity index (χ3n) is 2.34. The van der Waals surface area contributed by atoms with Crippen LogP contribution in [-0.2, 0) is 4.74 Å². The lowest BCUT2D eigenvalue weighted by Gasteiger charge is -2.12. The zero-order chi connectivity index (χ0) is 15.9. The number of Topliss-reactive ketones (excluding diaryl/α,β-unsaturated/α-hetero) is 1. The number of hydrogen-bond acceptors (Lipinski definition) is 5. The number of benzene rings is 1. The quantitative estimate of drug-likeness (QED) is 0.586. The first-order valence-electron chi connectivity index (χ1n) is 5.96. The van der Waals surface area contributed by atoms with E-state index in [0.717, 1.165) is 6.07 Å². The van der Waals surface area contributed by atoms with E-state index < -0.39 is 18.6 Å². The molecule has 118 valence electrons. The third kappa shape index (κ3) is 6.01.